The lowest BCUT2D eigenvalue weighted by atomic mass is 10.1. The molecule has 1 aliphatic carbocycles. The summed E-state index contributed by atoms with van der Waals surface area (Å²) >= 11 is 3.81. The number of hydrogen-bond donors (Lipinski definition) is 0. The summed E-state index contributed by atoms with van der Waals surface area (Å²) in [5.41, 5.74) is 5.71. The molecule has 2 aliphatic rings. The van der Waals surface area contributed by atoms with Crippen molar-refractivity contribution in [1.82, 2.24) is 19.7 Å². The van der Waals surface area contributed by atoms with Crippen molar-refractivity contribution in [2.24, 2.45) is 7.05 Å². The average Bonchev–Trinajstić information content (AvgIpc) is 3.25. The highest BCUT2D eigenvalue weighted by Crippen LogP contribution is 2.45. The number of fused-ring (bicyclic) bond motifs is 1. The van der Waals surface area contributed by atoms with Gasteiger partial charge < -0.3 is 14.5 Å². The zero-order valence-corrected chi connectivity index (χ0v) is 17.1. The first-order chi connectivity index (χ1) is 13.1. The predicted molar refractivity (Wildman–Crippen MR) is 108 cm³/mol. The molecule has 0 spiro atoms. The van der Waals surface area contributed by atoms with Gasteiger partial charge in [0.15, 0.2) is 0 Å². The minimum absolute atomic E-state index is 0.225. The van der Waals surface area contributed by atoms with Gasteiger partial charge in [-0.3, -0.25) is 9.67 Å². The zero-order valence-electron chi connectivity index (χ0n) is 15.5. The van der Waals surface area contributed by atoms with Crippen LogP contribution in [0.15, 0.2) is 24.7 Å². The number of nitrogens with zero attached hydrogens (tertiary/aromatic N) is 5. The number of halogens is 1. The van der Waals surface area contributed by atoms with Crippen molar-refractivity contribution in [2.45, 2.75) is 13.3 Å². The number of aryl methyl sites for hydroxylation is 1. The van der Waals surface area contributed by atoms with Gasteiger partial charge in [-0.05, 0) is 34.5 Å². The highest BCUT2D eigenvalue weighted by atomic mass is 79.9. The highest BCUT2D eigenvalue weighted by molar-refractivity contribution is 9.15. The topological polar surface area (TPSA) is 63.5 Å². The average molecular weight is 432 g/mol. The summed E-state index contributed by atoms with van der Waals surface area (Å²) < 4.78 is 8.01. The molecular formula is C19H22BrN5O2. The van der Waals surface area contributed by atoms with Gasteiger partial charge in [-0.25, -0.2) is 4.79 Å². The maximum atomic E-state index is 11.9. The van der Waals surface area contributed by atoms with E-state index < -0.39 is 0 Å². The van der Waals surface area contributed by atoms with E-state index in [-0.39, 0.29) is 6.09 Å². The Morgan fingerprint density at radius 3 is 2.74 bits per heavy atom. The summed E-state index contributed by atoms with van der Waals surface area (Å²) in [5.74, 6) is 0. The quantitative estimate of drug-likeness (QED) is 0.747. The number of piperazine rings is 1. The largest absolute Gasteiger partial charge is 0.450 e. The van der Waals surface area contributed by atoms with Gasteiger partial charge in [0, 0.05) is 73.3 Å². The molecule has 8 heteroatoms. The fourth-order valence-corrected chi connectivity index (χ4v) is 4.48. The molecular weight excluding hydrogens is 410 g/mol. The molecule has 2 aromatic heterocycles. The molecule has 0 atom stereocenters. The molecule has 1 saturated heterocycles. The van der Waals surface area contributed by atoms with E-state index in [0.717, 1.165) is 46.5 Å². The number of aromatic nitrogens is 3. The van der Waals surface area contributed by atoms with E-state index in [1.165, 1.54) is 5.57 Å². The van der Waals surface area contributed by atoms with Crippen molar-refractivity contribution in [3.8, 4) is 0 Å². The first kappa shape index (κ1) is 18.0. The smallest absolute Gasteiger partial charge is 0.409 e. The fraction of sp³-hybridized carbons (Fsp3) is 0.421. The Morgan fingerprint density at radius 2 is 2.07 bits per heavy atom. The van der Waals surface area contributed by atoms with Gasteiger partial charge in [-0.2, -0.15) is 5.10 Å². The third kappa shape index (κ3) is 3.34. The van der Waals surface area contributed by atoms with Crippen LogP contribution < -0.4 is 4.90 Å². The minimum Gasteiger partial charge on any atom is -0.450 e. The van der Waals surface area contributed by atoms with E-state index in [4.69, 9.17) is 4.74 Å². The van der Waals surface area contributed by atoms with Gasteiger partial charge in [0.2, 0.25) is 0 Å². The van der Waals surface area contributed by atoms with Crippen molar-refractivity contribution in [3.05, 3.63) is 41.5 Å². The normalized spacial score (nSPS) is 16.7. The lowest BCUT2D eigenvalue weighted by molar-refractivity contribution is 0.105. The summed E-state index contributed by atoms with van der Waals surface area (Å²) in [7, 11) is 1.92. The monoisotopic (exact) mass is 431 g/mol. The van der Waals surface area contributed by atoms with Gasteiger partial charge in [0.25, 0.3) is 0 Å². The lowest BCUT2D eigenvalue weighted by Gasteiger charge is -2.36. The van der Waals surface area contributed by atoms with Crippen LogP contribution in [-0.2, 0) is 18.2 Å². The highest BCUT2D eigenvalue weighted by Gasteiger charge is 2.29. The predicted octanol–water partition coefficient (Wildman–Crippen LogP) is 2.91. The second-order valence-electron chi connectivity index (χ2n) is 6.70. The summed E-state index contributed by atoms with van der Waals surface area (Å²) in [6.45, 7) is 5.11. The number of allylic oxidation sites excluding steroid dienone is 1. The third-order valence-electron chi connectivity index (χ3n) is 5.04. The number of pyridine rings is 1. The lowest BCUT2D eigenvalue weighted by Crippen LogP contribution is -2.49. The summed E-state index contributed by atoms with van der Waals surface area (Å²) in [6.07, 6.45) is 6.36. The Bertz CT molecular complexity index is 899. The molecule has 1 fully saturated rings. The van der Waals surface area contributed by atoms with Gasteiger partial charge >= 0.3 is 6.09 Å². The van der Waals surface area contributed by atoms with E-state index in [1.807, 2.05) is 37.2 Å². The van der Waals surface area contributed by atoms with Crippen LogP contribution in [0, 0.1) is 0 Å². The molecule has 1 aliphatic heterocycles. The maximum Gasteiger partial charge on any atom is 0.409 e. The number of rotatable bonds is 3. The molecule has 0 radical (unpaired) electrons. The summed E-state index contributed by atoms with van der Waals surface area (Å²) in [6, 6.07) is 2.06. The standard InChI is InChI=1S/C19H22BrN5O2/c1-3-27-19(26)25-8-6-24(7-9-25)16-4-5-21-15-10-14(18(20)17(15)16)13-11-22-23(2)12-13/h4-5,11-12H,3,6-10H2,1-2H3. The molecule has 2 aromatic rings. The molecule has 4 rings (SSSR count). The minimum atomic E-state index is -0.225. The number of ether oxygens (including phenoxy) is 1. The van der Waals surface area contributed by atoms with Crippen LogP contribution in [0.25, 0.3) is 10.1 Å². The van der Waals surface area contributed by atoms with Crippen molar-refractivity contribution < 1.29 is 9.53 Å². The molecule has 0 bridgehead atoms. The van der Waals surface area contributed by atoms with Crippen LogP contribution in [0.5, 0.6) is 0 Å². The van der Waals surface area contributed by atoms with Gasteiger partial charge in [0.05, 0.1) is 18.5 Å². The molecule has 0 aromatic carbocycles. The molecule has 0 unspecified atom stereocenters. The summed E-state index contributed by atoms with van der Waals surface area (Å²) in [5, 5.41) is 4.29. The Balaban J connectivity index is 1.58. The van der Waals surface area contributed by atoms with Crippen molar-refractivity contribution in [1.29, 1.82) is 0 Å². The Kier molecular flexibility index (Phi) is 4.90. The third-order valence-corrected chi connectivity index (χ3v) is 5.91. The molecule has 3 heterocycles. The fourth-order valence-electron chi connectivity index (χ4n) is 3.68. The van der Waals surface area contributed by atoms with Crippen LogP contribution in [0.1, 0.15) is 23.7 Å². The van der Waals surface area contributed by atoms with Crippen LogP contribution >= 0.6 is 15.9 Å². The van der Waals surface area contributed by atoms with Crippen molar-refractivity contribution in [3.63, 3.8) is 0 Å². The number of anilines is 1. The SMILES string of the molecule is CCOC(=O)N1CCN(c2ccnc3c2C(Br)=C(c2cnn(C)c2)C3)CC1. The molecule has 27 heavy (non-hydrogen) atoms. The number of hydrogen-bond acceptors (Lipinski definition) is 5. The van der Waals surface area contributed by atoms with Gasteiger partial charge in [-0.1, -0.05) is 0 Å². The zero-order chi connectivity index (χ0) is 19.0. The molecule has 7 nitrogen and oxygen atoms in total. The Hall–Kier alpha value is -2.35. The first-order valence-corrected chi connectivity index (χ1v) is 9.90. The van der Waals surface area contributed by atoms with Crippen LogP contribution in [0.3, 0.4) is 0 Å². The van der Waals surface area contributed by atoms with Crippen molar-refractivity contribution in [2.75, 3.05) is 37.7 Å². The maximum absolute atomic E-state index is 11.9. The second kappa shape index (κ2) is 7.34. The number of carbonyl (C=O) groups is 1. The Labute approximate surface area is 166 Å². The van der Waals surface area contributed by atoms with Gasteiger partial charge in [0.1, 0.15) is 0 Å². The number of carbonyl (C=O) groups excluding carboxylic acids is 1. The molecule has 0 N–H and O–H groups in total. The van der Waals surface area contributed by atoms with Crippen LogP contribution in [0.2, 0.25) is 0 Å². The Morgan fingerprint density at radius 1 is 1.30 bits per heavy atom. The van der Waals surface area contributed by atoms with E-state index >= 15 is 0 Å². The molecule has 142 valence electrons. The van der Waals surface area contributed by atoms with Crippen LogP contribution in [-0.4, -0.2) is 58.5 Å². The summed E-state index contributed by atoms with van der Waals surface area (Å²) in [4.78, 5) is 20.6. The number of amides is 1. The van der Waals surface area contributed by atoms with E-state index in [0.29, 0.717) is 19.7 Å². The van der Waals surface area contributed by atoms with E-state index in [1.54, 1.807) is 4.90 Å². The molecule has 1 amide bonds. The van der Waals surface area contributed by atoms with E-state index in [9.17, 15) is 4.79 Å². The molecule has 0 saturated carbocycles. The second-order valence-corrected chi connectivity index (χ2v) is 7.49. The van der Waals surface area contributed by atoms with Crippen LogP contribution in [0.4, 0.5) is 10.5 Å². The van der Waals surface area contributed by atoms with E-state index in [2.05, 4.69) is 37.0 Å². The first-order valence-electron chi connectivity index (χ1n) is 9.11. The van der Waals surface area contributed by atoms with Crippen molar-refractivity contribution >= 4 is 37.8 Å². The van der Waals surface area contributed by atoms with Gasteiger partial charge in [-0.15, -0.1) is 0 Å².